The molecule has 0 aliphatic carbocycles. The molecule has 2 aromatic heterocycles. The van der Waals surface area contributed by atoms with Gasteiger partial charge in [-0.25, -0.2) is 14.4 Å². The van der Waals surface area contributed by atoms with Gasteiger partial charge in [-0.2, -0.15) is 0 Å². The van der Waals surface area contributed by atoms with E-state index in [9.17, 15) is 4.39 Å². The van der Waals surface area contributed by atoms with Crippen molar-refractivity contribution in [3.8, 4) is 11.1 Å². The normalized spacial score (nSPS) is 14.5. The van der Waals surface area contributed by atoms with E-state index in [0.717, 1.165) is 53.3 Å². The van der Waals surface area contributed by atoms with Crippen LogP contribution in [-0.4, -0.2) is 36.1 Å². The zero-order valence-electron chi connectivity index (χ0n) is 17.1. The monoisotopic (exact) mass is 418 g/mol. The van der Waals surface area contributed by atoms with E-state index in [1.807, 2.05) is 12.1 Å². The molecule has 1 fully saturated rings. The van der Waals surface area contributed by atoms with Gasteiger partial charge in [0.1, 0.15) is 22.8 Å². The van der Waals surface area contributed by atoms with Crippen LogP contribution in [0.15, 0.2) is 54.2 Å². The number of rotatable bonds is 3. The number of aromatic nitrogens is 2. The fourth-order valence-electron chi connectivity index (χ4n) is 4.18. The Kier molecular flexibility index (Phi) is 4.87. The van der Waals surface area contributed by atoms with Gasteiger partial charge in [0.25, 0.3) is 0 Å². The molecule has 0 unspecified atom stereocenters. The fraction of sp³-hybridized carbons (Fsp3) is 0.250. The van der Waals surface area contributed by atoms with Gasteiger partial charge in [0.05, 0.1) is 5.39 Å². The molecular weight excluding hydrogens is 395 g/mol. The van der Waals surface area contributed by atoms with Crippen molar-refractivity contribution >= 4 is 33.1 Å². The van der Waals surface area contributed by atoms with Gasteiger partial charge in [-0.15, -0.1) is 11.3 Å². The molecule has 152 valence electrons. The molecule has 2 aromatic carbocycles. The van der Waals surface area contributed by atoms with Gasteiger partial charge in [-0.1, -0.05) is 24.3 Å². The highest BCUT2D eigenvalue weighted by molar-refractivity contribution is 7.17. The van der Waals surface area contributed by atoms with Crippen molar-refractivity contribution < 1.29 is 4.39 Å². The minimum atomic E-state index is -0.225. The number of hydrogen-bond acceptors (Lipinski definition) is 5. The molecule has 0 spiro atoms. The van der Waals surface area contributed by atoms with Crippen LogP contribution in [0.25, 0.3) is 21.3 Å². The average Bonchev–Trinajstić information content (AvgIpc) is 3.21. The molecular formula is C24H23FN4S. The Balaban J connectivity index is 1.45. The van der Waals surface area contributed by atoms with Crippen LogP contribution in [0.5, 0.6) is 0 Å². The van der Waals surface area contributed by atoms with E-state index in [4.69, 9.17) is 0 Å². The number of piperazine rings is 1. The quantitative estimate of drug-likeness (QED) is 0.443. The second kappa shape index (κ2) is 7.69. The second-order valence-corrected chi connectivity index (χ2v) is 8.58. The van der Waals surface area contributed by atoms with Crippen molar-refractivity contribution in [3.05, 3.63) is 71.1 Å². The minimum Gasteiger partial charge on any atom is -0.368 e. The molecule has 1 saturated heterocycles. The molecule has 0 saturated carbocycles. The summed E-state index contributed by atoms with van der Waals surface area (Å²) < 4.78 is 13.4. The molecule has 5 rings (SSSR count). The van der Waals surface area contributed by atoms with Crippen LogP contribution in [0.4, 0.5) is 15.9 Å². The molecule has 0 atom stereocenters. The fourth-order valence-corrected chi connectivity index (χ4v) is 5.09. The first-order valence-electron chi connectivity index (χ1n) is 10.2. The van der Waals surface area contributed by atoms with Crippen molar-refractivity contribution in [3.63, 3.8) is 0 Å². The highest BCUT2D eigenvalue weighted by Gasteiger charge is 2.23. The molecule has 0 radical (unpaired) electrons. The van der Waals surface area contributed by atoms with Crippen LogP contribution in [0.2, 0.25) is 0 Å². The SMILES string of the molecule is Cc1cccc(N2CCN(c3ncnc4scc(-c5ccc(F)cc5)c34)CC2)c1C. The minimum absolute atomic E-state index is 0.225. The molecule has 0 N–H and O–H groups in total. The van der Waals surface area contributed by atoms with Crippen LogP contribution in [0.3, 0.4) is 0 Å². The molecule has 1 aliphatic rings. The second-order valence-electron chi connectivity index (χ2n) is 7.73. The van der Waals surface area contributed by atoms with Gasteiger partial charge in [-0.3, -0.25) is 0 Å². The van der Waals surface area contributed by atoms with Crippen molar-refractivity contribution in [2.24, 2.45) is 0 Å². The van der Waals surface area contributed by atoms with Crippen LogP contribution >= 0.6 is 11.3 Å². The van der Waals surface area contributed by atoms with Crippen molar-refractivity contribution in [2.75, 3.05) is 36.0 Å². The lowest BCUT2D eigenvalue weighted by Crippen LogP contribution is -2.47. The van der Waals surface area contributed by atoms with Gasteiger partial charge in [-0.05, 0) is 48.7 Å². The molecule has 4 aromatic rings. The van der Waals surface area contributed by atoms with Crippen LogP contribution < -0.4 is 9.80 Å². The summed E-state index contributed by atoms with van der Waals surface area (Å²) in [6, 6.07) is 13.2. The maximum absolute atomic E-state index is 13.4. The number of hydrogen-bond donors (Lipinski definition) is 0. The Hall–Kier alpha value is -2.99. The summed E-state index contributed by atoms with van der Waals surface area (Å²) in [4.78, 5) is 14.9. The third kappa shape index (κ3) is 3.31. The van der Waals surface area contributed by atoms with Gasteiger partial charge in [0.15, 0.2) is 0 Å². The highest BCUT2D eigenvalue weighted by atomic mass is 32.1. The molecule has 3 heterocycles. The number of benzene rings is 2. The van der Waals surface area contributed by atoms with E-state index in [-0.39, 0.29) is 5.82 Å². The summed E-state index contributed by atoms with van der Waals surface area (Å²) >= 11 is 1.61. The third-order valence-electron chi connectivity index (χ3n) is 6.00. The Morgan fingerprint density at radius 3 is 2.40 bits per heavy atom. The summed E-state index contributed by atoms with van der Waals surface area (Å²) in [5.41, 5.74) is 6.07. The zero-order chi connectivity index (χ0) is 20.7. The average molecular weight is 419 g/mol. The van der Waals surface area contributed by atoms with Crippen molar-refractivity contribution in [1.29, 1.82) is 0 Å². The Labute approximate surface area is 179 Å². The van der Waals surface area contributed by atoms with E-state index in [1.165, 1.54) is 28.9 Å². The molecule has 4 nitrogen and oxygen atoms in total. The lowest BCUT2D eigenvalue weighted by Gasteiger charge is -2.37. The maximum Gasteiger partial charge on any atom is 0.141 e. The van der Waals surface area contributed by atoms with Gasteiger partial charge in [0.2, 0.25) is 0 Å². The van der Waals surface area contributed by atoms with E-state index in [2.05, 4.69) is 57.2 Å². The Morgan fingerprint density at radius 1 is 0.900 bits per heavy atom. The first-order chi connectivity index (χ1) is 14.6. The summed E-state index contributed by atoms with van der Waals surface area (Å²) in [5, 5.41) is 3.16. The highest BCUT2D eigenvalue weighted by Crippen LogP contribution is 2.38. The Morgan fingerprint density at radius 2 is 1.63 bits per heavy atom. The Bertz CT molecular complexity index is 1190. The van der Waals surface area contributed by atoms with E-state index in [1.54, 1.807) is 17.7 Å². The maximum atomic E-state index is 13.4. The number of fused-ring (bicyclic) bond motifs is 1. The van der Waals surface area contributed by atoms with E-state index in [0.29, 0.717) is 0 Å². The zero-order valence-corrected chi connectivity index (χ0v) is 17.9. The topological polar surface area (TPSA) is 32.3 Å². The van der Waals surface area contributed by atoms with Gasteiger partial charge >= 0.3 is 0 Å². The molecule has 1 aliphatic heterocycles. The summed E-state index contributed by atoms with van der Waals surface area (Å²) in [6.45, 7) is 8.07. The van der Waals surface area contributed by atoms with E-state index < -0.39 is 0 Å². The first-order valence-corrected chi connectivity index (χ1v) is 11.0. The standard InChI is InChI=1S/C24H23FN4S/c1-16-4-3-5-21(17(16)2)28-10-12-29(13-11-28)23-22-20(14-30-24(22)27-15-26-23)18-6-8-19(25)9-7-18/h3-9,14-15H,10-13H2,1-2H3. The van der Waals surface area contributed by atoms with Gasteiger partial charge in [0, 0.05) is 42.8 Å². The van der Waals surface area contributed by atoms with Crippen LogP contribution in [-0.2, 0) is 0 Å². The number of anilines is 2. The number of halogens is 1. The van der Waals surface area contributed by atoms with Crippen LogP contribution in [0, 0.1) is 19.7 Å². The predicted molar refractivity (Wildman–Crippen MR) is 123 cm³/mol. The lowest BCUT2D eigenvalue weighted by atomic mass is 10.1. The number of nitrogens with zero attached hydrogens (tertiary/aromatic N) is 4. The first kappa shape index (κ1) is 19.0. The van der Waals surface area contributed by atoms with Crippen LogP contribution in [0.1, 0.15) is 11.1 Å². The largest absolute Gasteiger partial charge is 0.368 e. The lowest BCUT2D eigenvalue weighted by molar-refractivity contribution is 0.628. The smallest absolute Gasteiger partial charge is 0.141 e. The molecule has 6 heteroatoms. The summed E-state index contributed by atoms with van der Waals surface area (Å²) in [5.74, 6) is 0.749. The number of thiophene rings is 1. The number of aryl methyl sites for hydroxylation is 1. The summed E-state index contributed by atoms with van der Waals surface area (Å²) in [6.07, 6.45) is 1.65. The third-order valence-corrected chi connectivity index (χ3v) is 6.89. The predicted octanol–water partition coefficient (Wildman–Crippen LogP) is 5.44. The van der Waals surface area contributed by atoms with Gasteiger partial charge < -0.3 is 9.80 Å². The van der Waals surface area contributed by atoms with Crippen molar-refractivity contribution in [2.45, 2.75) is 13.8 Å². The molecule has 0 bridgehead atoms. The summed E-state index contributed by atoms with van der Waals surface area (Å²) in [7, 11) is 0. The van der Waals surface area contributed by atoms with Crippen molar-refractivity contribution in [1.82, 2.24) is 9.97 Å². The van der Waals surface area contributed by atoms with E-state index >= 15 is 0 Å². The molecule has 0 amide bonds. The molecule has 30 heavy (non-hydrogen) atoms.